The van der Waals surface area contributed by atoms with Crippen LogP contribution >= 0.6 is 0 Å². The van der Waals surface area contributed by atoms with E-state index < -0.39 is 0 Å². The molecule has 1 fully saturated rings. The van der Waals surface area contributed by atoms with Crippen molar-refractivity contribution in [2.24, 2.45) is 0 Å². The number of nitrogens with zero attached hydrogens (tertiary/aromatic N) is 1. The molecule has 0 amide bonds. The highest BCUT2D eigenvalue weighted by Crippen LogP contribution is 2.22. The third kappa shape index (κ3) is 3.49. The maximum absolute atomic E-state index is 5.56. The lowest BCUT2D eigenvalue weighted by atomic mass is 10.0. The lowest BCUT2D eigenvalue weighted by molar-refractivity contribution is -0.938. The second-order valence-electron chi connectivity index (χ2n) is 6.06. The Morgan fingerprint density at radius 3 is 2.35 bits per heavy atom. The summed E-state index contributed by atoms with van der Waals surface area (Å²) >= 11 is 0. The summed E-state index contributed by atoms with van der Waals surface area (Å²) in [4.78, 5) is 4.09. The molecule has 3 rings (SSSR count). The second kappa shape index (κ2) is 7.49. The molecule has 0 spiro atoms. The van der Waals surface area contributed by atoms with Crippen LogP contribution < -0.4 is 20.3 Å². The number of piperazine rings is 1. The minimum Gasteiger partial charge on any atom is -0.496 e. The molecule has 0 saturated carbocycles. The summed E-state index contributed by atoms with van der Waals surface area (Å²) < 4.78 is 5.56. The molecule has 4 nitrogen and oxygen atoms in total. The van der Waals surface area contributed by atoms with Gasteiger partial charge in [0.25, 0.3) is 0 Å². The maximum Gasteiger partial charge on any atom is 0.166 e. The van der Waals surface area contributed by atoms with Gasteiger partial charge in [0.2, 0.25) is 0 Å². The number of nitrogens with one attached hydrogen (secondary N) is 1. The van der Waals surface area contributed by atoms with Gasteiger partial charge >= 0.3 is 0 Å². The Labute approximate surface area is 138 Å². The van der Waals surface area contributed by atoms with Gasteiger partial charge in [0, 0.05) is 5.69 Å². The van der Waals surface area contributed by atoms with Gasteiger partial charge in [0.05, 0.1) is 38.9 Å². The van der Waals surface area contributed by atoms with Crippen molar-refractivity contribution in [1.29, 1.82) is 0 Å². The maximum atomic E-state index is 5.56. The normalized spacial score (nSPS) is 17.0. The van der Waals surface area contributed by atoms with E-state index in [9.17, 15) is 0 Å². The number of quaternary nitrogens is 2. The highest BCUT2D eigenvalue weighted by atomic mass is 16.5. The number of rotatable bonds is 5. The zero-order chi connectivity index (χ0) is 16.1. The fourth-order valence-corrected chi connectivity index (χ4v) is 3.57. The molecule has 2 aromatic rings. The van der Waals surface area contributed by atoms with Crippen LogP contribution in [-0.4, -0.2) is 39.8 Å². The molecule has 122 valence electrons. The van der Waals surface area contributed by atoms with E-state index in [0.717, 1.165) is 38.5 Å². The fourth-order valence-electron chi connectivity index (χ4n) is 3.57. The highest BCUT2D eigenvalue weighted by Gasteiger charge is 2.30. The van der Waals surface area contributed by atoms with E-state index in [0.29, 0.717) is 6.04 Å². The largest absolute Gasteiger partial charge is 0.496 e. The molecule has 1 aliphatic heterocycles. The van der Waals surface area contributed by atoms with Crippen LogP contribution in [0.5, 0.6) is 5.75 Å². The summed E-state index contributed by atoms with van der Waals surface area (Å²) in [6, 6.07) is 19.5. The Morgan fingerprint density at radius 2 is 1.70 bits per heavy atom. The zero-order valence-electron chi connectivity index (χ0n) is 13.9. The van der Waals surface area contributed by atoms with Gasteiger partial charge in [-0.15, -0.1) is 0 Å². The molecule has 1 aliphatic rings. The van der Waals surface area contributed by atoms with Gasteiger partial charge in [-0.25, -0.2) is 0 Å². The minimum absolute atomic E-state index is 0.407. The number of methoxy groups -OCH3 is 1. The van der Waals surface area contributed by atoms with Crippen LogP contribution in [-0.2, 0) is 0 Å². The van der Waals surface area contributed by atoms with Crippen molar-refractivity contribution in [3.63, 3.8) is 0 Å². The van der Waals surface area contributed by atoms with Crippen LogP contribution in [0.15, 0.2) is 54.6 Å². The van der Waals surface area contributed by atoms with Crippen molar-refractivity contribution in [3.8, 4) is 5.75 Å². The first kappa shape index (κ1) is 15.8. The van der Waals surface area contributed by atoms with Crippen molar-refractivity contribution in [1.82, 2.24) is 0 Å². The highest BCUT2D eigenvalue weighted by molar-refractivity contribution is 5.46. The van der Waals surface area contributed by atoms with Crippen LogP contribution in [0.25, 0.3) is 0 Å². The number of hydrogen-bond donors (Lipinski definition) is 2. The molecule has 0 bridgehead atoms. The molecule has 2 aromatic carbocycles. The molecular formula is C19H27N3O+2. The van der Waals surface area contributed by atoms with Crippen LogP contribution in [0.1, 0.15) is 11.6 Å². The predicted molar refractivity (Wildman–Crippen MR) is 92.8 cm³/mol. The first-order valence-electron chi connectivity index (χ1n) is 8.40. The fraction of sp³-hybridized carbons (Fsp3) is 0.368. The van der Waals surface area contributed by atoms with Gasteiger partial charge in [-0.1, -0.05) is 30.3 Å². The Morgan fingerprint density at radius 1 is 1.04 bits per heavy atom. The Bertz CT molecular complexity index is 609. The summed E-state index contributed by atoms with van der Waals surface area (Å²) in [6.45, 7) is 5.33. The van der Waals surface area contributed by atoms with Gasteiger partial charge in [-0.2, -0.15) is 0 Å². The zero-order valence-corrected chi connectivity index (χ0v) is 13.9. The molecule has 1 heterocycles. The molecule has 1 atom stereocenters. The van der Waals surface area contributed by atoms with Crippen LogP contribution in [0.4, 0.5) is 5.69 Å². The molecule has 0 radical (unpaired) electrons. The smallest absolute Gasteiger partial charge is 0.166 e. The predicted octanol–water partition coefficient (Wildman–Crippen LogP) is 0.383. The molecule has 23 heavy (non-hydrogen) atoms. The van der Waals surface area contributed by atoms with Crippen molar-refractivity contribution < 1.29 is 15.4 Å². The van der Waals surface area contributed by atoms with Gasteiger partial charge in [0.15, 0.2) is 6.04 Å². The van der Waals surface area contributed by atoms with Crippen molar-refractivity contribution in [2.75, 3.05) is 44.7 Å². The van der Waals surface area contributed by atoms with Crippen LogP contribution in [0, 0.1) is 0 Å². The van der Waals surface area contributed by atoms with E-state index in [-0.39, 0.29) is 0 Å². The minimum atomic E-state index is 0.407. The molecule has 0 aromatic heterocycles. The van der Waals surface area contributed by atoms with Gasteiger partial charge in [0.1, 0.15) is 12.3 Å². The van der Waals surface area contributed by atoms with E-state index in [1.165, 1.54) is 11.3 Å². The molecule has 4 N–H and O–H groups in total. The number of hydrogen-bond acceptors (Lipinski definition) is 2. The SMILES string of the molecule is COc1ccccc1[C@@H](C[NH3+])[NH+]1CCN(c2ccccc2)CC1. The summed E-state index contributed by atoms with van der Waals surface area (Å²) in [5.41, 5.74) is 6.81. The molecule has 4 heteroatoms. The third-order valence-corrected chi connectivity index (χ3v) is 4.82. The average molecular weight is 313 g/mol. The monoisotopic (exact) mass is 313 g/mol. The number of anilines is 1. The Balaban J connectivity index is 1.70. The van der Waals surface area contributed by atoms with Crippen molar-refractivity contribution in [3.05, 3.63) is 60.2 Å². The standard InChI is InChI=1S/C19H25N3O/c1-23-19-10-6-5-9-17(19)18(15-20)22-13-11-21(12-14-22)16-7-3-2-4-8-16/h2-10,18H,11-15,20H2,1H3/p+2/t18-/m1/s1. The summed E-state index contributed by atoms with van der Waals surface area (Å²) in [5, 5.41) is 0. The lowest BCUT2D eigenvalue weighted by Crippen LogP contribution is -3.16. The van der Waals surface area contributed by atoms with Gasteiger partial charge in [-0.3, -0.25) is 0 Å². The molecule has 0 unspecified atom stereocenters. The first-order chi connectivity index (χ1) is 11.3. The summed E-state index contributed by atoms with van der Waals surface area (Å²) in [7, 11) is 1.75. The topological polar surface area (TPSA) is 44.6 Å². The van der Waals surface area contributed by atoms with Crippen molar-refractivity contribution in [2.45, 2.75) is 6.04 Å². The summed E-state index contributed by atoms with van der Waals surface area (Å²) in [5.74, 6) is 0.985. The third-order valence-electron chi connectivity index (χ3n) is 4.82. The summed E-state index contributed by atoms with van der Waals surface area (Å²) in [6.07, 6.45) is 0. The van der Waals surface area contributed by atoms with E-state index >= 15 is 0 Å². The number of para-hydroxylation sites is 2. The Hall–Kier alpha value is -2.04. The molecular weight excluding hydrogens is 286 g/mol. The van der Waals surface area contributed by atoms with Gasteiger partial charge in [-0.05, 0) is 24.3 Å². The second-order valence-corrected chi connectivity index (χ2v) is 6.06. The van der Waals surface area contributed by atoms with E-state index in [2.05, 4.69) is 59.2 Å². The lowest BCUT2D eigenvalue weighted by Gasteiger charge is -2.37. The van der Waals surface area contributed by atoms with E-state index in [1.54, 1.807) is 12.0 Å². The Kier molecular flexibility index (Phi) is 5.16. The number of ether oxygens (including phenoxy) is 1. The number of benzene rings is 2. The average Bonchev–Trinajstić information content (AvgIpc) is 2.64. The van der Waals surface area contributed by atoms with E-state index in [4.69, 9.17) is 4.74 Å². The van der Waals surface area contributed by atoms with Crippen LogP contribution in [0.3, 0.4) is 0 Å². The van der Waals surface area contributed by atoms with Crippen molar-refractivity contribution >= 4 is 5.69 Å². The quantitative estimate of drug-likeness (QED) is 0.838. The van der Waals surface area contributed by atoms with E-state index in [1.807, 2.05) is 6.07 Å². The van der Waals surface area contributed by atoms with Gasteiger partial charge < -0.3 is 20.3 Å². The molecule has 0 aliphatic carbocycles. The van der Waals surface area contributed by atoms with Crippen LogP contribution in [0.2, 0.25) is 0 Å². The first-order valence-corrected chi connectivity index (χ1v) is 8.40. The molecule has 1 saturated heterocycles.